The lowest BCUT2D eigenvalue weighted by atomic mass is 10.1. The number of carbonyl (C=O) groups excluding carboxylic acids is 1. The van der Waals surface area contributed by atoms with Crippen molar-refractivity contribution in [3.8, 4) is 11.4 Å². The fourth-order valence-electron chi connectivity index (χ4n) is 2.74. The van der Waals surface area contributed by atoms with Gasteiger partial charge in [-0.15, -0.1) is 0 Å². The maximum atomic E-state index is 12.1. The van der Waals surface area contributed by atoms with E-state index in [-0.39, 0.29) is 12.1 Å². The van der Waals surface area contributed by atoms with Gasteiger partial charge >= 0.3 is 6.09 Å². The Labute approximate surface area is 141 Å². The van der Waals surface area contributed by atoms with Gasteiger partial charge in [-0.2, -0.15) is 5.10 Å². The summed E-state index contributed by atoms with van der Waals surface area (Å²) in [6, 6.07) is 2.07. The first-order chi connectivity index (χ1) is 11.4. The van der Waals surface area contributed by atoms with Crippen molar-refractivity contribution in [2.24, 2.45) is 0 Å². The number of hydrogen-bond acceptors (Lipinski definition) is 5. The monoisotopic (exact) mass is 329 g/mol. The quantitative estimate of drug-likeness (QED) is 0.847. The number of likely N-dealkylation sites (tertiary alicyclic amines) is 1. The lowest BCUT2D eigenvalue weighted by molar-refractivity contribution is 0.0185. The zero-order valence-corrected chi connectivity index (χ0v) is 14.3. The molecule has 0 atom stereocenters. The van der Waals surface area contributed by atoms with Gasteiger partial charge in [-0.25, -0.2) is 14.8 Å². The van der Waals surface area contributed by atoms with E-state index in [0.717, 1.165) is 18.4 Å². The molecule has 1 aliphatic rings. The molecule has 24 heavy (non-hydrogen) atoms. The second-order valence-corrected chi connectivity index (χ2v) is 6.98. The van der Waals surface area contributed by atoms with Crippen molar-refractivity contribution >= 4 is 6.09 Å². The number of nitrogens with zero attached hydrogens (tertiary/aromatic N) is 5. The smallest absolute Gasteiger partial charge is 0.410 e. The minimum absolute atomic E-state index is 0.236. The van der Waals surface area contributed by atoms with Crippen molar-refractivity contribution in [3.05, 3.63) is 30.9 Å². The molecule has 0 unspecified atom stereocenters. The summed E-state index contributed by atoms with van der Waals surface area (Å²) in [7, 11) is 0. The van der Waals surface area contributed by atoms with Crippen LogP contribution in [0.2, 0.25) is 0 Å². The van der Waals surface area contributed by atoms with Crippen LogP contribution in [0.5, 0.6) is 0 Å². The summed E-state index contributed by atoms with van der Waals surface area (Å²) in [5.74, 6) is 0.676. The highest BCUT2D eigenvalue weighted by molar-refractivity contribution is 5.68. The van der Waals surface area contributed by atoms with Gasteiger partial charge in [0.15, 0.2) is 5.82 Å². The Kier molecular flexibility index (Phi) is 4.51. The van der Waals surface area contributed by atoms with E-state index in [2.05, 4.69) is 15.1 Å². The first-order valence-electron chi connectivity index (χ1n) is 8.22. The fourth-order valence-corrected chi connectivity index (χ4v) is 2.74. The van der Waals surface area contributed by atoms with Crippen molar-refractivity contribution < 1.29 is 9.53 Å². The standard InChI is InChI=1S/C17H23N5O2/c1-17(2,3)24-16(23)21-9-5-14(6-10-21)22-12-13(11-20-22)15-18-7-4-8-19-15/h4,7-8,11-12,14H,5-6,9-10H2,1-3H3. The lowest BCUT2D eigenvalue weighted by Gasteiger charge is -2.33. The van der Waals surface area contributed by atoms with E-state index < -0.39 is 5.60 Å². The van der Waals surface area contributed by atoms with E-state index in [1.165, 1.54) is 0 Å². The van der Waals surface area contributed by atoms with Crippen molar-refractivity contribution in [1.29, 1.82) is 0 Å². The van der Waals surface area contributed by atoms with E-state index in [4.69, 9.17) is 4.74 Å². The van der Waals surface area contributed by atoms with Gasteiger partial charge in [0, 0.05) is 31.7 Å². The second-order valence-electron chi connectivity index (χ2n) is 6.98. The highest BCUT2D eigenvalue weighted by Gasteiger charge is 2.27. The van der Waals surface area contributed by atoms with Gasteiger partial charge in [0.25, 0.3) is 0 Å². The van der Waals surface area contributed by atoms with Gasteiger partial charge in [0.2, 0.25) is 0 Å². The lowest BCUT2D eigenvalue weighted by Crippen LogP contribution is -2.42. The molecule has 0 aliphatic carbocycles. The van der Waals surface area contributed by atoms with Crippen LogP contribution in [0.3, 0.4) is 0 Å². The number of amides is 1. The number of ether oxygens (including phenoxy) is 1. The molecular formula is C17H23N5O2. The van der Waals surface area contributed by atoms with E-state index in [0.29, 0.717) is 18.9 Å². The molecule has 0 aromatic carbocycles. The third-order valence-electron chi connectivity index (χ3n) is 3.92. The Bertz CT molecular complexity index is 685. The summed E-state index contributed by atoms with van der Waals surface area (Å²) in [6.07, 6.45) is 8.68. The maximum absolute atomic E-state index is 12.1. The number of aromatic nitrogens is 4. The van der Waals surface area contributed by atoms with Crippen LogP contribution in [0.25, 0.3) is 11.4 Å². The summed E-state index contributed by atoms with van der Waals surface area (Å²) < 4.78 is 7.38. The van der Waals surface area contributed by atoms with Crippen LogP contribution in [0.15, 0.2) is 30.9 Å². The topological polar surface area (TPSA) is 73.1 Å². The molecule has 0 radical (unpaired) electrons. The molecule has 128 valence electrons. The maximum Gasteiger partial charge on any atom is 0.410 e. The SMILES string of the molecule is CC(C)(C)OC(=O)N1CCC(n2cc(-c3ncccn3)cn2)CC1. The van der Waals surface area contributed by atoms with E-state index in [9.17, 15) is 4.79 Å². The van der Waals surface area contributed by atoms with Crippen LogP contribution >= 0.6 is 0 Å². The van der Waals surface area contributed by atoms with Crippen molar-refractivity contribution in [2.45, 2.75) is 45.3 Å². The Morgan fingerprint density at radius 2 is 1.88 bits per heavy atom. The normalized spacial score (nSPS) is 16.2. The second kappa shape index (κ2) is 6.59. The molecule has 7 heteroatoms. The van der Waals surface area contributed by atoms with Crippen molar-refractivity contribution in [2.75, 3.05) is 13.1 Å². The highest BCUT2D eigenvalue weighted by Crippen LogP contribution is 2.25. The molecule has 2 aromatic rings. The van der Waals surface area contributed by atoms with Gasteiger partial charge < -0.3 is 9.64 Å². The first-order valence-corrected chi connectivity index (χ1v) is 8.22. The summed E-state index contributed by atoms with van der Waals surface area (Å²) >= 11 is 0. The average molecular weight is 329 g/mol. The minimum atomic E-state index is -0.458. The molecule has 0 N–H and O–H groups in total. The van der Waals surface area contributed by atoms with Gasteiger partial charge in [-0.1, -0.05) is 0 Å². The highest BCUT2D eigenvalue weighted by atomic mass is 16.6. The molecule has 0 bridgehead atoms. The Hall–Kier alpha value is -2.44. The van der Waals surface area contributed by atoms with Crippen LogP contribution in [0.1, 0.15) is 39.7 Å². The summed E-state index contributed by atoms with van der Waals surface area (Å²) in [5.41, 5.74) is 0.450. The molecule has 3 rings (SSSR count). The third-order valence-corrected chi connectivity index (χ3v) is 3.92. The number of piperidine rings is 1. The molecule has 1 saturated heterocycles. The fraction of sp³-hybridized carbons (Fsp3) is 0.529. The Balaban J connectivity index is 1.59. The Morgan fingerprint density at radius 3 is 2.50 bits per heavy atom. The predicted octanol–water partition coefficient (Wildman–Crippen LogP) is 2.91. The molecule has 0 saturated carbocycles. The molecule has 7 nitrogen and oxygen atoms in total. The van der Waals surface area contributed by atoms with Crippen molar-refractivity contribution in [1.82, 2.24) is 24.6 Å². The average Bonchev–Trinajstić information content (AvgIpc) is 3.04. The number of rotatable bonds is 2. The zero-order chi connectivity index (χ0) is 17.2. The van der Waals surface area contributed by atoms with Gasteiger partial charge in [-0.05, 0) is 39.7 Å². The predicted molar refractivity (Wildman–Crippen MR) is 89.3 cm³/mol. The molecule has 0 spiro atoms. The zero-order valence-electron chi connectivity index (χ0n) is 14.3. The van der Waals surface area contributed by atoms with Gasteiger partial charge in [0.05, 0.1) is 17.8 Å². The number of carbonyl (C=O) groups is 1. The van der Waals surface area contributed by atoms with E-state index in [1.54, 1.807) is 29.6 Å². The molecule has 1 amide bonds. The molecule has 1 aliphatic heterocycles. The van der Waals surface area contributed by atoms with Crippen LogP contribution in [-0.4, -0.2) is 49.4 Å². The van der Waals surface area contributed by atoms with Crippen LogP contribution in [0.4, 0.5) is 4.79 Å². The number of hydrogen-bond donors (Lipinski definition) is 0. The minimum Gasteiger partial charge on any atom is -0.444 e. The molecule has 2 aromatic heterocycles. The summed E-state index contributed by atoms with van der Waals surface area (Å²) in [5, 5.41) is 4.45. The Morgan fingerprint density at radius 1 is 1.21 bits per heavy atom. The van der Waals surface area contributed by atoms with Crippen molar-refractivity contribution in [3.63, 3.8) is 0 Å². The van der Waals surface area contributed by atoms with E-state index >= 15 is 0 Å². The van der Waals surface area contributed by atoms with Gasteiger partial charge in [0.1, 0.15) is 5.60 Å². The molecule has 3 heterocycles. The first kappa shape index (κ1) is 16.4. The largest absolute Gasteiger partial charge is 0.444 e. The summed E-state index contributed by atoms with van der Waals surface area (Å²) in [6.45, 7) is 7.00. The third kappa shape index (κ3) is 3.90. The summed E-state index contributed by atoms with van der Waals surface area (Å²) in [4.78, 5) is 22.4. The molecule has 1 fully saturated rings. The van der Waals surface area contributed by atoms with Gasteiger partial charge in [-0.3, -0.25) is 4.68 Å². The molecular weight excluding hydrogens is 306 g/mol. The van der Waals surface area contributed by atoms with Crippen LogP contribution in [-0.2, 0) is 4.74 Å². The van der Waals surface area contributed by atoms with Crippen LogP contribution < -0.4 is 0 Å². The van der Waals surface area contributed by atoms with Crippen LogP contribution in [0, 0.1) is 0 Å². The van der Waals surface area contributed by atoms with E-state index in [1.807, 2.05) is 31.6 Å².